The van der Waals surface area contributed by atoms with Crippen LogP contribution in [-0.2, 0) is 11.2 Å². The highest BCUT2D eigenvalue weighted by atomic mass is 19.1. The number of nitrogens with two attached hydrogens (primary N) is 1. The third-order valence-corrected chi connectivity index (χ3v) is 4.52. The number of phenolic OH excluding ortho intramolecular Hbond substituents is 1. The Bertz CT molecular complexity index is 1130. The standard InChI is InChI=1S/C19H17F2N3O3/c1-9-13-5-11(6-17(22)26)19(27)24(15(13)3-4-16(9)25)10(2)18-14(21)7-12(20)8-23-18/h3-5,7-8,10,25H,6H2,1-2H3,(H2,22,26)/t10-/m1/s1. The zero-order valence-corrected chi connectivity index (χ0v) is 14.7. The van der Waals surface area contributed by atoms with Gasteiger partial charge in [-0.05, 0) is 32.0 Å². The predicted octanol–water partition coefficient (Wildman–Crippen LogP) is 2.33. The van der Waals surface area contributed by atoms with Gasteiger partial charge in [0.05, 0.1) is 29.9 Å². The Morgan fingerprint density at radius 3 is 2.67 bits per heavy atom. The number of hydrogen-bond acceptors (Lipinski definition) is 4. The van der Waals surface area contributed by atoms with Gasteiger partial charge in [0.2, 0.25) is 5.91 Å². The number of fused-ring (bicyclic) bond motifs is 1. The van der Waals surface area contributed by atoms with E-state index < -0.39 is 29.1 Å². The van der Waals surface area contributed by atoms with Gasteiger partial charge < -0.3 is 10.8 Å². The van der Waals surface area contributed by atoms with Gasteiger partial charge in [-0.2, -0.15) is 0 Å². The summed E-state index contributed by atoms with van der Waals surface area (Å²) < 4.78 is 28.7. The van der Waals surface area contributed by atoms with Crippen molar-refractivity contribution >= 4 is 16.8 Å². The van der Waals surface area contributed by atoms with Crippen LogP contribution in [0.5, 0.6) is 5.75 Å². The maximum atomic E-state index is 14.2. The first-order valence-corrected chi connectivity index (χ1v) is 8.16. The van der Waals surface area contributed by atoms with Gasteiger partial charge in [-0.1, -0.05) is 0 Å². The van der Waals surface area contributed by atoms with Crippen LogP contribution >= 0.6 is 0 Å². The molecule has 27 heavy (non-hydrogen) atoms. The van der Waals surface area contributed by atoms with Gasteiger partial charge >= 0.3 is 0 Å². The Hall–Kier alpha value is -3.29. The molecule has 0 saturated carbocycles. The highest BCUT2D eigenvalue weighted by Gasteiger charge is 2.22. The number of aromatic hydroxyl groups is 1. The molecule has 0 radical (unpaired) electrons. The Balaban J connectivity index is 2.36. The van der Waals surface area contributed by atoms with Crippen LogP contribution in [0.1, 0.15) is 29.8 Å². The molecule has 0 fully saturated rings. The molecule has 3 aromatic rings. The second kappa shape index (κ2) is 6.79. The van der Waals surface area contributed by atoms with Gasteiger partial charge in [-0.15, -0.1) is 0 Å². The molecule has 0 saturated heterocycles. The van der Waals surface area contributed by atoms with Crippen molar-refractivity contribution in [1.82, 2.24) is 9.55 Å². The number of aryl methyl sites for hydroxylation is 1. The lowest BCUT2D eigenvalue weighted by Gasteiger charge is -2.20. The number of benzene rings is 1. The number of halogens is 2. The minimum atomic E-state index is -0.891. The zero-order valence-electron chi connectivity index (χ0n) is 14.7. The summed E-state index contributed by atoms with van der Waals surface area (Å²) in [5, 5.41) is 10.5. The second-order valence-corrected chi connectivity index (χ2v) is 6.33. The number of carbonyl (C=O) groups excluding carboxylic acids is 1. The van der Waals surface area contributed by atoms with Crippen molar-refractivity contribution < 1.29 is 18.7 Å². The average molecular weight is 373 g/mol. The van der Waals surface area contributed by atoms with Gasteiger partial charge in [-0.25, -0.2) is 8.78 Å². The first-order chi connectivity index (χ1) is 12.7. The summed E-state index contributed by atoms with van der Waals surface area (Å²) in [6.45, 7) is 3.20. The van der Waals surface area contributed by atoms with E-state index in [-0.39, 0.29) is 23.4 Å². The van der Waals surface area contributed by atoms with E-state index in [4.69, 9.17) is 5.73 Å². The van der Waals surface area contributed by atoms with Crippen molar-refractivity contribution in [2.24, 2.45) is 5.73 Å². The molecule has 3 N–H and O–H groups in total. The first-order valence-electron chi connectivity index (χ1n) is 8.16. The summed E-state index contributed by atoms with van der Waals surface area (Å²) in [6.07, 6.45) is 0.558. The quantitative estimate of drug-likeness (QED) is 0.733. The highest BCUT2D eigenvalue weighted by Crippen LogP contribution is 2.29. The molecular formula is C19H17F2N3O3. The van der Waals surface area contributed by atoms with Crippen LogP contribution in [0.4, 0.5) is 8.78 Å². The number of nitrogens with zero attached hydrogens (tertiary/aromatic N) is 2. The third-order valence-electron chi connectivity index (χ3n) is 4.52. The first kappa shape index (κ1) is 18.5. The molecule has 0 spiro atoms. The molecule has 0 bridgehead atoms. The molecule has 1 atom stereocenters. The van der Waals surface area contributed by atoms with E-state index >= 15 is 0 Å². The smallest absolute Gasteiger partial charge is 0.255 e. The summed E-state index contributed by atoms with van der Waals surface area (Å²) in [5.41, 5.74) is 5.59. The molecule has 0 aliphatic rings. The SMILES string of the molecule is Cc1c(O)ccc2c1cc(CC(N)=O)c(=O)n2[C@H](C)c1ncc(F)cc1F. The Morgan fingerprint density at radius 1 is 1.33 bits per heavy atom. The van der Waals surface area contributed by atoms with E-state index in [1.165, 1.54) is 22.8 Å². The summed E-state index contributed by atoms with van der Waals surface area (Å²) in [6, 6.07) is 4.23. The normalized spacial score (nSPS) is 12.3. The number of rotatable bonds is 4. The van der Waals surface area contributed by atoms with E-state index in [9.17, 15) is 23.5 Å². The molecule has 1 amide bonds. The summed E-state index contributed by atoms with van der Waals surface area (Å²) >= 11 is 0. The lowest BCUT2D eigenvalue weighted by atomic mass is 10.0. The van der Waals surface area contributed by atoms with Crippen molar-refractivity contribution in [2.45, 2.75) is 26.3 Å². The van der Waals surface area contributed by atoms with Crippen molar-refractivity contribution in [2.75, 3.05) is 0 Å². The fourth-order valence-electron chi connectivity index (χ4n) is 3.15. The monoisotopic (exact) mass is 373 g/mol. The maximum Gasteiger partial charge on any atom is 0.255 e. The van der Waals surface area contributed by atoms with Crippen LogP contribution in [0.15, 0.2) is 35.3 Å². The summed E-state index contributed by atoms with van der Waals surface area (Å²) in [5.74, 6) is -2.41. The zero-order chi connectivity index (χ0) is 19.9. The van der Waals surface area contributed by atoms with Crippen LogP contribution in [-0.4, -0.2) is 20.6 Å². The fourth-order valence-corrected chi connectivity index (χ4v) is 3.15. The molecule has 1 aromatic carbocycles. The van der Waals surface area contributed by atoms with Crippen LogP contribution in [0.25, 0.3) is 10.9 Å². The van der Waals surface area contributed by atoms with Crippen molar-refractivity contribution in [3.05, 3.63) is 69.3 Å². The average Bonchev–Trinajstić information content (AvgIpc) is 2.59. The van der Waals surface area contributed by atoms with Crippen LogP contribution < -0.4 is 11.3 Å². The van der Waals surface area contributed by atoms with E-state index in [1.54, 1.807) is 13.8 Å². The van der Waals surface area contributed by atoms with Crippen LogP contribution in [0.3, 0.4) is 0 Å². The van der Waals surface area contributed by atoms with Gasteiger partial charge in [0.15, 0.2) is 0 Å². The Kier molecular flexibility index (Phi) is 4.65. The number of amides is 1. The number of phenols is 1. The summed E-state index contributed by atoms with van der Waals surface area (Å²) in [4.78, 5) is 28.1. The minimum absolute atomic E-state index is 0.0106. The molecule has 8 heteroatoms. The maximum absolute atomic E-state index is 14.2. The molecule has 6 nitrogen and oxygen atoms in total. The fraction of sp³-hybridized carbons (Fsp3) is 0.211. The number of hydrogen-bond donors (Lipinski definition) is 2. The van der Waals surface area contributed by atoms with Crippen molar-refractivity contribution in [1.29, 1.82) is 0 Å². The second-order valence-electron chi connectivity index (χ2n) is 6.33. The number of carbonyl (C=O) groups is 1. The molecule has 140 valence electrons. The topological polar surface area (TPSA) is 98.2 Å². The number of primary amides is 1. The lowest BCUT2D eigenvalue weighted by Crippen LogP contribution is -2.30. The highest BCUT2D eigenvalue weighted by molar-refractivity contribution is 5.86. The minimum Gasteiger partial charge on any atom is -0.508 e. The van der Waals surface area contributed by atoms with E-state index in [2.05, 4.69) is 4.98 Å². The third kappa shape index (κ3) is 3.25. The number of aromatic nitrogens is 2. The number of pyridine rings is 2. The lowest BCUT2D eigenvalue weighted by molar-refractivity contribution is -0.117. The van der Waals surface area contributed by atoms with E-state index in [0.29, 0.717) is 22.5 Å². The Labute approximate surface area is 152 Å². The molecule has 2 heterocycles. The molecule has 3 rings (SSSR count). The molecule has 0 aliphatic heterocycles. The van der Waals surface area contributed by atoms with Crippen molar-refractivity contribution in [3.8, 4) is 5.75 Å². The van der Waals surface area contributed by atoms with Crippen LogP contribution in [0, 0.1) is 18.6 Å². The Morgan fingerprint density at radius 2 is 2.04 bits per heavy atom. The molecule has 0 aliphatic carbocycles. The molecular weight excluding hydrogens is 356 g/mol. The van der Waals surface area contributed by atoms with Crippen molar-refractivity contribution in [3.63, 3.8) is 0 Å². The van der Waals surface area contributed by atoms with Gasteiger partial charge in [0.25, 0.3) is 5.56 Å². The van der Waals surface area contributed by atoms with Gasteiger partial charge in [0, 0.05) is 22.6 Å². The van der Waals surface area contributed by atoms with Gasteiger partial charge in [0.1, 0.15) is 17.4 Å². The molecule has 2 aromatic heterocycles. The molecule has 0 unspecified atom stereocenters. The van der Waals surface area contributed by atoms with Crippen LogP contribution in [0.2, 0.25) is 0 Å². The summed E-state index contributed by atoms with van der Waals surface area (Å²) in [7, 11) is 0. The van der Waals surface area contributed by atoms with E-state index in [0.717, 1.165) is 6.20 Å². The predicted molar refractivity (Wildman–Crippen MR) is 95.5 cm³/mol. The van der Waals surface area contributed by atoms with E-state index in [1.807, 2.05) is 0 Å². The largest absolute Gasteiger partial charge is 0.508 e. The van der Waals surface area contributed by atoms with Gasteiger partial charge in [-0.3, -0.25) is 19.1 Å².